The number of nitrogens with zero attached hydrogens (tertiary/aromatic N) is 2. The van der Waals surface area contributed by atoms with Gasteiger partial charge in [-0.1, -0.05) is 48.0 Å². The highest BCUT2D eigenvalue weighted by Gasteiger charge is 2.33. The molecule has 11 nitrogen and oxygen atoms in total. The van der Waals surface area contributed by atoms with E-state index in [0.717, 1.165) is 5.56 Å². The van der Waals surface area contributed by atoms with Crippen molar-refractivity contribution in [1.82, 2.24) is 9.29 Å². The van der Waals surface area contributed by atoms with E-state index in [-0.39, 0.29) is 29.7 Å². The zero-order valence-corrected chi connectivity index (χ0v) is 24.4. The van der Waals surface area contributed by atoms with Gasteiger partial charge in [0.25, 0.3) is 36.2 Å². The zero-order valence-electron chi connectivity index (χ0n) is 22.0. The molecule has 0 spiro atoms. The van der Waals surface area contributed by atoms with Gasteiger partial charge in [-0.25, -0.2) is 17.7 Å². The number of carbonyl (C=O) groups excluding carboxylic acids is 1. The van der Waals surface area contributed by atoms with Gasteiger partial charge < -0.3 is 0 Å². The van der Waals surface area contributed by atoms with Crippen molar-refractivity contribution in [2.75, 3.05) is 18.1 Å². The number of para-hydroxylation sites is 1. The lowest BCUT2D eigenvalue weighted by Gasteiger charge is -2.24. The van der Waals surface area contributed by atoms with Crippen LogP contribution in [0, 0.1) is 6.92 Å². The van der Waals surface area contributed by atoms with Crippen LogP contribution in [0.15, 0.2) is 71.6 Å². The molecule has 0 radical (unpaired) electrons. The molecule has 3 aromatic carbocycles. The first-order valence-corrected chi connectivity index (χ1v) is 17.2. The molecule has 0 saturated carbocycles. The summed E-state index contributed by atoms with van der Waals surface area (Å²) in [6.45, 7) is 1.22. The molecule has 0 aliphatic rings. The first-order valence-electron chi connectivity index (χ1n) is 12.5. The molecule has 2 N–H and O–H groups in total. The van der Waals surface area contributed by atoms with E-state index in [1.54, 1.807) is 61.5 Å². The van der Waals surface area contributed by atoms with E-state index in [0.29, 0.717) is 31.7 Å². The van der Waals surface area contributed by atoms with Crippen molar-refractivity contribution in [3.8, 4) is 0 Å². The van der Waals surface area contributed by atoms with Crippen LogP contribution in [0.2, 0.25) is 0 Å². The predicted molar refractivity (Wildman–Crippen MR) is 154 cm³/mol. The third-order valence-electron chi connectivity index (χ3n) is 6.45. The second kappa shape index (κ2) is 11.8. The second-order valence-corrected chi connectivity index (χ2v) is 14.5. The van der Waals surface area contributed by atoms with Crippen molar-refractivity contribution >= 4 is 58.0 Å². The number of aromatic nitrogens is 1. The molecular formula is C27H28N2O9S3. The fourth-order valence-electron chi connectivity index (χ4n) is 4.57. The van der Waals surface area contributed by atoms with Crippen LogP contribution in [-0.4, -0.2) is 67.6 Å². The van der Waals surface area contributed by atoms with Crippen LogP contribution in [0.3, 0.4) is 0 Å². The summed E-state index contributed by atoms with van der Waals surface area (Å²) in [5, 5.41) is 0.650. The zero-order chi connectivity index (χ0) is 30.0. The summed E-state index contributed by atoms with van der Waals surface area (Å²) in [6, 6.07) is 17.4. The molecule has 0 aliphatic carbocycles. The van der Waals surface area contributed by atoms with E-state index in [4.69, 9.17) is 0 Å². The van der Waals surface area contributed by atoms with Gasteiger partial charge in [-0.2, -0.15) is 16.8 Å². The van der Waals surface area contributed by atoms with E-state index in [1.807, 2.05) is 0 Å². The maximum Gasteiger partial charge on any atom is 0.268 e. The molecule has 0 aliphatic heterocycles. The molecule has 0 saturated heterocycles. The number of fused-ring (bicyclic) bond motifs is 2. The SMILES string of the molecule is Cc1ccc(S(=O)(=O)N(CCCS(=O)(=O)O)C(=O)c2c3ccccc3nc3cccc(CCCS(=O)(=O)O)c23)cc1. The number of rotatable bonds is 11. The molecule has 0 bridgehead atoms. The largest absolute Gasteiger partial charge is 0.286 e. The summed E-state index contributed by atoms with van der Waals surface area (Å²) >= 11 is 0. The van der Waals surface area contributed by atoms with Crippen LogP contribution >= 0.6 is 0 Å². The molecule has 4 aromatic rings. The highest BCUT2D eigenvalue weighted by molar-refractivity contribution is 7.89. The lowest BCUT2D eigenvalue weighted by Crippen LogP contribution is -2.38. The molecule has 14 heteroatoms. The Morgan fingerprint density at radius 1 is 0.780 bits per heavy atom. The number of hydrogen-bond acceptors (Lipinski definition) is 8. The highest BCUT2D eigenvalue weighted by atomic mass is 32.2. The minimum absolute atomic E-state index is 0.00408. The van der Waals surface area contributed by atoms with E-state index >= 15 is 0 Å². The van der Waals surface area contributed by atoms with Crippen LogP contribution < -0.4 is 0 Å². The van der Waals surface area contributed by atoms with Gasteiger partial charge in [0, 0.05) is 17.3 Å². The first kappa shape index (κ1) is 30.5. The molecule has 218 valence electrons. The maximum absolute atomic E-state index is 14.4. The molecule has 0 fully saturated rings. The third kappa shape index (κ3) is 7.26. The molecule has 4 rings (SSSR count). The average Bonchev–Trinajstić information content (AvgIpc) is 2.88. The normalized spacial score (nSPS) is 12.6. The molecular weight excluding hydrogens is 593 g/mol. The van der Waals surface area contributed by atoms with E-state index < -0.39 is 54.2 Å². The minimum Gasteiger partial charge on any atom is -0.286 e. The van der Waals surface area contributed by atoms with E-state index in [9.17, 15) is 39.2 Å². The van der Waals surface area contributed by atoms with E-state index in [2.05, 4.69) is 4.98 Å². The van der Waals surface area contributed by atoms with Crippen LogP contribution in [0.25, 0.3) is 21.8 Å². The topological polar surface area (TPSA) is 176 Å². The molecule has 1 amide bonds. The third-order valence-corrected chi connectivity index (χ3v) is 9.86. The number of amides is 1. The Balaban J connectivity index is 1.93. The van der Waals surface area contributed by atoms with Crippen molar-refractivity contribution < 1.29 is 39.2 Å². The number of carbonyl (C=O) groups is 1. The van der Waals surface area contributed by atoms with Crippen LogP contribution in [0.1, 0.15) is 34.3 Å². The van der Waals surface area contributed by atoms with Crippen molar-refractivity contribution in [2.45, 2.75) is 31.1 Å². The van der Waals surface area contributed by atoms with E-state index in [1.165, 1.54) is 12.1 Å². The number of benzene rings is 3. The second-order valence-electron chi connectivity index (χ2n) is 9.54. The number of sulfonamides is 1. The Bertz CT molecular complexity index is 1940. The fourth-order valence-corrected chi connectivity index (χ4v) is 6.99. The highest BCUT2D eigenvalue weighted by Crippen LogP contribution is 2.32. The van der Waals surface area contributed by atoms with Gasteiger partial charge in [0.05, 0.1) is 33.0 Å². The van der Waals surface area contributed by atoms with Crippen molar-refractivity contribution in [3.05, 3.63) is 83.4 Å². The predicted octanol–water partition coefficient (Wildman–Crippen LogP) is 3.63. The van der Waals surface area contributed by atoms with Gasteiger partial charge in [-0.05, 0) is 56.0 Å². The summed E-state index contributed by atoms with van der Waals surface area (Å²) < 4.78 is 92.2. The first-order chi connectivity index (χ1) is 19.2. The van der Waals surface area contributed by atoms with Gasteiger partial charge in [-0.15, -0.1) is 0 Å². The van der Waals surface area contributed by atoms with Gasteiger partial charge in [0.2, 0.25) is 0 Å². The summed E-state index contributed by atoms with van der Waals surface area (Å²) in [5.74, 6) is -2.22. The Kier molecular flexibility index (Phi) is 8.80. The summed E-state index contributed by atoms with van der Waals surface area (Å²) in [4.78, 5) is 18.8. The summed E-state index contributed by atoms with van der Waals surface area (Å²) in [7, 11) is -13.2. The van der Waals surface area contributed by atoms with Gasteiger partial charge >= 0.3 is 0 Å². The number of hydrogen-bond donors (Lipinski definition) is 2. The average molecular weight is 621 g/mol. The number of aryl methyl sites for hydroxylation is 2. The van der Waals surface area contributed by atoms with Crippen LogP contribution in [0.5, 0.6) is 0 Å². The molecule has 41 heavy (non-hydrogen) atoms. The minimum atomic E-state index is -4.49. The number of pyridine rings is 1. The molecule has 1 aromatic heterocycles. The maximum atomic E-state index is 14.4. The molecule has 1 heterocycles. The van der Waals surface area contributed by atoms with Crippen LogP contribution in [0.4, 0.5) is 0 Å². The van der Waals surface area contributed by atoms with Gasteiger partial charge in [-0.3, -0.25) is 13.9 Å². The Morgan fingerprint density at radius 3 is 2.05 bits per heavy atom. The Labute approximate surface area is 238 Å². The lowest BCUT2D eigenvalue weighted by atomic mass is 9.96. The monoisotopic (exact) mass is 620 g/mol. The fraction of sp³-hybridized carbons (Fsp3) is 0.259. The van der Waals surface area contributed by atoms with Crippen molar-refractivity contribution in [3.63, 3.8) is 0 Å². The summed E-state index contributed by atoms with van der Waals surface area (Å²) in [5.41, 5.74) is 2.06. The summed E-state index contributed by atoms with van der Waals surface area (Å²) in [6.07, 6.45) is -0.207. The smallest absolute Gasteiger partial charge is 0.268 e. The Hall–Kier alpha value is -3.43. The standard InChI is InChI=1S/C27H28N2O9S3/c1-19-12-14-21(15-13-19)41(37,38)29(16-6-18-40(34,35)36)27(30)26-22-9-2-3-10-23(22)28-24-11-4-7-20(25(24)26)8-5-17-39(31,32)33/h2-4,7,9-15H,5-6,8,16-18H2,1H3,(H,31,32,33)(H,34,35,36). The van der Waals surface area contributed by atoms with Crippen molar-refractivity contribution in [2.24, 2.45) is 0 Å². The quantitative estimate of drug-likeness (QED) is 0.186. The van der Waals surface area contributed by atoms with Gasteiger partial charge in [0.1, 0.15) is 0 Å². The Morgan fingerprint density at radius 2 is 1.39 bits per heavy atom. The van der Waals surface area contributed by atoms with Crippen molar-refractivity contribution in [1.29, 1.82) is 0 Å². The molecule has 0 unspecified atom stereocenters. The lowest BCUT2D eigenvalue weighted by molar-refractivity contribution is 0.0864. The van der Waals surface area contributed by atoms with Gasteiger partial charge in [0.15, 0.2) is 0 Å². The molecule has 0 atom stereocenters. The van der Waals surface area contributed by atoms with Crippen LogP contribution in [-0.2, 0) is 36.7 Å².